The number of esters is 1. The number of carbonyl (C=O) groups excluding carboxylic acids is 1. The van der Waals surface area contributed by atoms with E-state index in [0.29, 0.717) is 6.61 Å². The summed E-state index contributed by atoms with van der Waals surface area (Å²) in [5.41, 5.74) is 0. The predicted octanol–water partition coefficient (Wildman–Crippen LogP) is 1.64. The molecule has 1 saturated heterocycles. The molecule has 0 aromatic carbocycles. The van der Waals surface area contributed by atoms with Gasteiger partial charge in [-0.15, -0.1) is 0 Å². The second kappa shape index (κ2) is 8.77. The van der Waals surface area contributed by atoms with Crippen LogP contribution in [0, 0.1) is 5.92 Å². The molecule has 110 valence electrons. The Kier molecular flexibility index (Phi) is 7.30. The van der Waals surface area contributed by atoms with Crippen LogP contribution in [0.4, 0.5) is 0 Å². The third kappa shape index (κ3) is 5.09. The van der Waals surface area contributed by atoms with Gasteiger partial charge < -0.3 is 15.0 Å². The average Bonchev–Trinajstić information content (AvgIpc) is 2.44. The lowest BCUT2D eigenvalue weighted by atomic mass is 9.97. The van der Waals surface area contributed by atoms with Crippen LogP contribution < -0.4 is 5.32 Å². The minimum Gasteiger partial charge on any atom is -0.466 e. The largest absolute Gasteiger partial charge is 0.466 e. The zero-order valence-corrected chi connectivity index (χ0v) is 12.4. The lowest BCUT2D eigenvalue weighted by Crippen LogP contribution is -2.46. The van der Waals surface area contributed by atoms with Gasteiger partial charge in [-0.25, -0.2) is 0 Å². The molecule has 0 aliphatic carbocycles. The molecule has 0 spiro atoms. The molecule has 1 N–H and O–H groups in total. The summed E-state index contributed by atoms with van der Waals surface area (Å²) in [6, 6.07) is 0. The minimum absolute atomic E-state index is 0.0438. The summed E-state index contributed by atoms with van der Waals surface area (Å²) >= 11 is 0. The highest BCUT2D eigenvalue weighted by atomic mass is 16.5. The SMILES string of the molecule is CCCN=C(NCC)N1CCC(C(=O)OCC)CC1. The second-order valence-corrected chi connectivity index (χ2v) is 4.75. The van der Waals surface area contributed by atoms with E-state index in [1.165, 1.54) is 0 Å². The van der Waals surface area contributed by atoms with Crippen LogP contribution in [0.1, 0.15) is 40.0 Å². The Morgan fingerprint density at radius 1 is 1.32 bits per heavy atom. The number of piperidine rings is 1. The number of likely N-dealkylation sites (tertiary alicyclic amines) is 1. The summed E-state index contributed by atoms with van der Waals surface area (Å²) in [6.07, 6.45) is 2.76. The van der Waals surface area contributed by atoms with Crippen molar-refractivity contribution in [1.82, 2.24) is 10.2 Å². The van der Waals surface area contributed by atoms with Crippen LogP contribution in [0.25, 0.3) is 0 Å². The van der Waals surface area contributed by atoms with E-state index < -0.39 is 0 Å². The van der Waals surface area contributed by atoms with E-state index in [1.807, 2.05) is 6.92 Å². The number of rotatable bonds is 5. The average molecular weight is 269 g/mol. The Hall–Kier alpha value is -1.26. The van der Waals surface area contributed by atoms with Crippen molar-refractivity contribution in [2.45, 2.75) is 40.0 Å². The highest BCUT2D eigenvalue weighted by Gasteiger charge is 2.27. The molecule has 5 heteroatoms. The van der Waals surface area contributed by atoms with Gasteiger partial charge >= 0.3 is 5.97 Å². The van der Waals surface area contributed by atoms with E-state index in [2.05, 4.69) is 29.1 Å². The first-order valence-electron chi connectivity index (χ1n) is 7.42. The molecule has 0 amide bonds. The van der Waals surface area contributed by atoms with Crippen LogP contribution in [0.15, 0.2) is 4.99 Å². The van der Waals surface area contributed by atoms with Gasteiger partial charge in [0.15, 0.2) is 5.96 Å². The van der Waals surface area contributed by atoms with Crippen LogP contribution in [0.3, 0.4) is 0 Å². The molecule has 19 heavy (non-hydrogen) atoms. The molecule has 0 radical (unpaired) electrons. The number of nitrogens with zero attached hydrogens (tertiary/aromatic N) is 2. The van der Waals surface area contributed by atoms with Crippen molar-refractivity contribution in [2.75, 3.05) is 32.8 Å². The maximum atomic E-state index is 11.7. The molecule has 0 aromatic rings. The number of hydrogen-bond acceptors (Lipinski definition) is 3. The molecule has 1 heterocycles. The van der Waals surface area contributed by atoms with E-state index in [4.69, 9.17) is 4.74 Å². The predicted molar refractivity (Wildman–Crippen MR) is 77.2 cm³/mol. The Morgan fingerprint density at radius 2 is 2.00 bits per heavy atom. The van der Waals surface area contributed by atoms with Crippen molar-refractivity contribution < 1.29 is 9.53 Å². The van der Waals surface area contributed by atoms with E-state index in [0.717, 1.165) is 51.4 Å². The summed E-state index contributed by atoms with van der Waals surface area (Å²) < 4.78 is 5.09. The van der Waals surface area contributed by atoms with Crippen LogP contribution in [-0.2, 0) is 9.53 Å². The fraction of sp³-hybridized carbons (Fsp3) is 0.857. The van der Waals surface area contributed by atoms with E-state index in [9.17, 15) is 4.79 Å². The van der Waals surface area contributed by atoms with Crippen molar-refractivity contribution >= 4 is 11.9 Å². The smallest absolute Gasteiger partial charge is 0.309 e. The van der Waals surface area contributed by atoms with Crippen molar-refractivity contribution in [2.24, 2.45) is 10.9 Å². The number of guanidine groups is 1. The fourth-order valence-electron chi connectivity index (χ4n) is 2.23. The maximum Gasteiger partial charge on any atom is 0.309 e. The molecule has 0 saturated carbocycles. The first kappa shape index (κ1) is 15.8. The molecule has 1 fully saturated rings. The van der Waals surface area contributed by atoms with Crippen LogP contribution >= 0.6 is 0 Å². The lowest BCUT2D eigenvalue weighted by Gasteiger charge is -2.33. The fourth-order valence-corrected chi connectivity index (χ4v) is 2.23. The third-order valence-electron chi connectivity index (χ3n) is 3.23. The van der Waals surface area contributed by atoms with Crippen LogP contribution in [-0.4, -0.2) is 49.6 Å². The highest BCUT2D eigenvalue weighted by molar-refractivity contribution is 5.80. The Bertz CT molecular complexity index is 297. The van der Waals surface area contributed by atoms with Gasteiger partial charge in [-0.3, -0.25) is 9.79 Å². The van der Waals surface area contributed by atoms with E-state index >= 15 is 0 Å². The molecule has 1 aliphatic rings. The molecule has 0 aromatic heterocycles. The lowest BCUT2D eigenvalue weighted by molar-refractivity contribution is -0.149. The van der Waals surface area contributed by atoms with E-state index in [1.54, 1.807) is 0 Å². The molecule has 0 unspecified atom stereocenters. The number of ether oxygens (including phenoxy) is 1. The number of hydrogen-bond donors (Lipinski definition) is 1. The Balaban J connectivity index is 2.48. The molecule has 1 aliphatic heterocycles. The maximum absolute atomic E-state index is 11.7. The highest BCUT2D eigenvalue weighted by Crippen LogP contribution is 2.18. The molecular formula is C14H27N3O2. The Morgan fingerprint density at radius 3 is 2.53 bits per heavy atom. The van der Waals surface area contributed by atoms with Gasteiger partial charge in [-0.2, -0.15) is 0 Å². The van der Waals surface area contributed by atoms with Crippen molar-refractivity contribution in [1.29, 1.82) is 0 Å². The van der Waals surface area contributed by atoms with E-state index in [-0.39, 0.29) is 11.9 Å². The first-order chi connectivity index (χ1) is 9.22. The quantitative estimate of drug-likeness (QED) is 0.468. The number of aliphatic imine (C=N–C) groups is 1. The van der Waals surface area contributed by atoms with Gasteiger partial charge in [0.2, 0.25) is 0 Å². The van der Waals surface area contributed by atoms with Gasteiger partial charge in [-0.1, -0.05) is 6.92 Å². The van der Waals surface area contributed by atoms with Gasteiger partial charge in [0.25, 0.3) is 0 Å². The summed E-state index contributed by atoms with van der Waals surface area (Å²) in [6.45, 7) is 10.00. The zero-order chi connectivity index (χ0) is 14.1. The standard InChI is InChI=1S/C14H27N3O2/c1-4-9-16-14(15-5-2)17-10-7-12(8-11-17)13(18)19-6-3/h12H,4-11H2,1-3H3,(H,15,16). The first-order valence-corrected chi connectivity index (χ1v) is 7.42. The second-order valence-electron chi connectivity index (χ2n) is 4.75. The van der Waals surface area contributed by atoms with Gasteiger partial charge in [0.05, 0.1) is 12.5 Å². The van der Waals surface area contributed by atoms with Crippen LogP contribution in [0.5, 0.6) is 0 Å². The molecule has 1 rings (SSSR count). The summed E-state index contributed by atoms with van der Waals surface area (Å²) in [7, 11) is 0. The molecule has 0 bridgehead atoms. The molecular weight excluding hydrogens is 242 g/mol. The van der Waals surface area contributed by atoms with Gasteiger partial charge in [-0.05, 0) is 33.1 Å². The minimum atomic E-state index is -0.0438. The van der Waals surface area contributed by atoms with Gasteiger partial charge in [0.1, 0.15) is 0 Å². The summed E-state index contributed by atoms with van der Waals surface area (Å²) in [5.74, 6) is 0.995. The summed E-state index contributed by atoms with van der Waals surface area (Å²) in [5, 5.41) is 3.32. The molecule has 0 atom stereocenters. The van der Waals surface area contributed by atoms with Crippen molar-refractivity contribution in [3.05, 3.63) is 0 Å². The monoisotopic (exact) mass is 269 g/mol. The third-order valence-corrected chi connectivity index (χ3v) is 3.23. The summed E-state index contributed by atoms with van der Waals surface area (Å²) in [4.78, 5) is 18.5. The number of carbonyl (C=O) groups is 1. The zero-order valence-electron chi connectivity index (χ0n) is 12.4. The Labute approximate surface area is 116 Å². The van der Waals surface area contributed by atoms with Crippen molar-refractivity contribution in [3.63, 3.8) is 0 Å². The van der Waals surface area contributed by atoms with Crippen LogP contribution in [0.2, 0.25) is 0 Å². The number of nitrogens with one attached hydrogen (secondary N) is 1. The normalized spacial score (nSPS) is 17.4. The molecule has 5 nitrogen and oxygen atoms in total. The van der Waals surface area contributed by atoms with Crippen molar-refractivity contribution in [3.8, 4) is 0 Å². The van der Waals surface area contributed by atoms with Gasteiger partial charge in [0, 0.05) is 26.2 Å². The topological polar surface area (TPSA) is 53.9 Å².